The van der Waals surface area contributed by atoms with Crippen LogP contribution in [0.2, 0.25) is 0 Å². The third-order valence-electron chi connectivity index (χ3n) is 3.27. The molecule has 0 atom stereocenters. The molecule has 0 amide bonds. The average molecular weight is 277 g/mol. The summed E-state index contributed by atoms with van der Waals surface area (Å²) in [5.41, 5.74) is 1.39. The molecule has 112 valence electrons. The highest BCUT2D eigenvalue weighted by molar-refractivity contribution is 5.63. The second-order valence-corrected chi connectivity index (χ2v) is 5.09. The van der Waals surface area contributed by atoms with Gasteiger partial charge in [-0.3, -0.25) is 0 Å². The van der Waals surface area contributed by atoms with Gasteiger partial charge in [0.25, 0.3) is 0 Å². The lowest BCUT2D eigenvalue weighted by atomic mass is 10.1. The van der Waals surface area contributed by atoms with Crippen LogP contribution in [0, 0.1) is 0 Å². The van der Waals surface area contributed by atoms with Gasteiger partial charge in [0, 0.05) is 19.2 Å². The van der Waals surface area contributed by atoms with Crippen molar-refractivity contribution >= 4 is 5.97 Å². The van der Waals surface area contributed by atoms with Crippen molar-refractivity contribution in [1.29, 1.82) is 0 Å². The second-order valence-electron chi connectivity index (χ2n) is 5.09. The predicted molar refractivity (Wildman–Crippen MR) is 78.3 cm³/mol. The molecule has 3 nitrogen and oxygen atoms in total. The highest BCUT2D eigenvalue weighted by Crippen LogP contribution is 2.05. The Balaban J connectivity index is 1.80. The number of hydrogen-bond donors (Lipinski definition) is 0. The fraction of sp³-hybridized carbons (Fsp3) is 0.588. The van der Waals surface area contributed by atoms with Gasteiger partial charge in [0.2, 0.25) is 0 Å². The quantitative estimate of drug-likeness (QED) is 0.552. The number of carboxylic acids is 1. The Morgan fingerprint density at radius 1 is 0.900 bits per heavy atom. The largest absolute Gasteiger partial charge is 0.550 e. The van der Waals surface area contributed by atoms with E-state index in [9.17, 15) is 9.90 Å². The smallest absolute Gasteiger partial charge is 0.0466 e. The fourth-order valence-electron chi connectivity index (χ4n) is 2.11. The summed E-state index contributed by atoms with van der Waals surface area (Å²) in [5.74, 6) is -0.945. The van der Waals surface area contributed by atoms with Crippen LogP contribution in [0.25, 0.3) is 0 Å². The number of carbonyl (C=O) groups excluding carboxylic acids is 1. The Morgan fingerprint density at radius 3 is 2.25 bits per heavy atom. The fourth-order valence-corrected chi connectivity index (χ4v) is 2.11. The summed E-state index contributed by atoms with van der Waals surface area (Å²) in [7, 11) is 0. The van der Waals surface area contributed by atoms with E-state index in [0.29, 0.717) is 0 Å². The van der Waals surface area contributed by atoms with E-state index in [1.165, 1.54) is 5.56 Å². The van der Waals surface area contributed by atoms with Crippen molar-refractivity contribution in [2.24, 2.45) is 0 Å². The first kappa shape index (κ1) is 16.7. The van der Waals surface area contributed by atoms with Crippen LogP contribution in [-0.2, 0) is 16.0 Å². The minimum absolute atomic E-state index is 0.181. The van der Waals surface area contributed by atoms with Gasteiger partial charge in [0.15, 0.2) is 0 Å². The summed E-state index contributed by atoms with van der Waals surface area (Å²) in [5, 5.41) is 10.2. The van der Waals surface area contributed by atoms with Crippen molar-refractivity contribution in [1.82, 2.24) is 0 Å². The van der Waals surface area contributed by atoms with Crippen LogP contribution >= 0.6 is 0 Å². The summed E-state index contributed by atoms with van der Waals surface area (Å²) in [6, 6.07) is 10.5. The Kier molecular flexibility index (Phi) is 9.58. The first-order chi connectivity index (χ1) is 9.79. The van der Waals surface area contributed by atoms with Crippen LogP contribution in [0.3, 0.4) is 0 Å². The molecule has 0 aromatic heterocycles. The Labute approximate surface area is 122 Å². The standard InChI is InChI=1S/C17H26O3/c18-17(19)13-6-1-2-8-14-20-15-9-7-12-16-10-4-3-5-11-16/h3-5,10-11H,1-2,6-9,12-15H2,(H,18,19)/p-1. The molecule has 0 bridgehead atoms. The summed E-state index contributed by atoms with van der Waals surface area (Å²) in [4.78, 5) is 10.2. The number of ether oxygens (including phenoxy) is 1. The number of aliphatic carboxylic acids is 1. The highest BCUT2D eigenvalue weighted by atomic mass is 16.5. The minimum Gasteiger partial charge on any atom is -0.550 e. The van der Waals surface area contributed by atoms with Gasteiger partial charge >= 0.3 is 0 Å². The molecule has 0 fully saturated rings. The number of carbonyl (C=O) groups is 1. The van der Waals surface area contributed by atoms with Gasteiger partial charge < -0.3 is 14.6 Å². The van der Waals surface area contributed by atoms with Gasteiger partial charge in [-0.25, -0.2) is 0 Å². The van der Waals surface area contributed by atoms with E-state index < -0.39 is 5.97 Å². The lowest BCUT2D eigenvalue weighted by molar-refractivity contribution is -0.305. The molecule has 0 aliphatic carbocycles. The topological polar surface area (TPSA) is 49.4 Å². The van der Waals surface area contributed by atoms with Gasteiger partial charge in [0.05, 0.1) is 0 Å². The highest BCUT2D eigenvalue weighted by Gasteiger charge is 1.94. The molecule has 3 heteroatoms. The van der Waals surface area contributed by atoms with Gasteiger partial charge in [0.1, 0.15) is 0 Å². The van der Waals surface area contributed by atoms with Crippen LogP contribution in [0.5, 0.6) is 0 Å². The monoisotopic (exact) mass is 277 g/mol. The third kappa shape index (κ3) is 9.56. The lowest BCUT2D eigenvalue weighted by Crippen LogP contribution is -2.21. The second kappa shape index (κ2) is 11.5. The number of aryl methyl sites for hydroxylation is 1. The van der Waals surface area contributed by atoms with E-state index in [1.54, 1.807) is 0 Å². The van der Waals surface area contributed by atoms with E-state index >= 15 is 0 Å². The Hall–Kier alpha value is -1.35. The van der Waals surface area contributed by atoms with Crippen molar-refractivity contribution < 1.29 is 14.6 Å². The van der Waals surface area contributed by atoms with E-state index in [2.05, 4.69) is 24.3 Å². The zero-order chi connectivity index (χ0) is 14.5. The van der Waals surface area contributed by atoms with Crippen LogP contribution < -0.4 is 5.11 Å². The van der Waals surface area contributed by atoms with Crippen LogP contribution in [-0.4, -0.2) is 19.2 Å². The molecule has 0 unspecified atom stereocenters. The number of carboxylic acid groups (broad SMARTS) is 1. The molecule has 0 N–H and O–H groups in total. The van der Waals surface area contributed by atoms with E-state index in [-0.39, 0.29) is 6.42 Å². The van der Waals surface area contributed by atoms with E-state index in [4.69, 9.17) is 4.74 Å². The zero-order valence-corrected chi connectivity index (χ0v) is 12.2. The van der Waals surface area contributed by atoms with Crippen LogP contribution in [0.1, 0.15) is 50.5 Å². The van der Waals surface area contributed by atoms with Crippen molar-refractivity contribution in [3.63, 3.8) is 0 Å². The predicted octanol–water partition coefficient (Wildman–Crippen LogP) is 2.73. The average Bonchev–Trinajstić information content (AvgIpc) is 2.45. The molecule has 1 aromatic rings. The molecule has 0 radical (unpaired) electrons. The number of benzene rings is 1. The molecule has 20 heavy (non-hydrogen) atoms. The SMILES string of the molecule is O=C([O-])CCCCCCOCCCCc1ccccc1. The Morgan fingerprint density at radius 2 is 1.55 bits per heavy atom. The minimum atomic E-state index is -0.945. The molecule has 0 saturated heterocycles. The maximum Gasteiger partial charge on any atom is 0.0466 e. The van der Waals surface area contributed by atoms with Gasteiger partial charge in [-0.1, -0.05) is 43.2 Å². The summed E-state index contributed by atoms with van der Waals surface area (Å²) >= 11 is 0. The summed E-state index contributed by atoms with van der Waals surface area (Å²) < 4.78 is 5.57. The van der Waals surface area contributed by atoms with Crippen LogP contribution in [0.15, 0.2) is 30.3 Å². The van der Waals surface area contributed by atoms with Crippen molar-refractivity contribution in [2.75, 3.05) is 13.2 Å². The third-order valence-corrected chi connectivity index (χ3v) is 3.27. The molecule has 1 aromatic carbocycles. The van der Waals surface area contributed by atoms with E-state index in [1.807, 2.05) is 6.07 Å². The Bertz CT molecular complexity index is 349. The number of rotatable bonds is 12. The van der Waals surface area contributed by atoms with Crippen molar-refractivity contribution in [3.8, 4) is 0 Å². The first-order valence-corrected chi connectivity index (χ1v) is 7.60. The molecule has 1 rings (SSSR count). The number of hydrogen-bond acceptors (Lipinski definition) is 3. The van der Waals surface area contributed by atoms with Gasteiger partial charge in [-0.15, -0.1) is 0 Å². The first-order valence-electron chi connectivity index (χ1n) is 7.60. The van der Waals surface area contributed by atoms with E-state index in [0.717, 1.165) is 58.2 Å². The van der Waals surface area contributed by atoms with Gasteiger partial charge in [-0.05, 0) is 44.1 Å². The lowest BCUT2D eigenvalue weighted by Gasteiger charge is -2.05. The zero-order valence-electron chi connectivity index (χ0n) is 12.2. The van der Waals surface area contributed by atoms with Gasteiger partial charge in [-0.2, -0.15) is 0 Å². The molecule has 0 aliphatic heterocycles. The molecule has 0 heterocycles. The maximum absolute atomic E-state index is 10.2. The van der Waals surface area contributed by atoms with Crippen molar-refractivity contribution in [3.05, 3.63) is 35.9 Å². The molecule has 0 spiro atoms. The molecule has 0 saturated carbocycles. The molecule has 0 aliphatic rings. The van der Waals surface area contributed by atoms with Crippen molar-refractivity contribution in [2.45, 2.75) is 51.4 Å². The molecular weight excluding hydrogens is 252 g/mol. The summed E-state index contributed by atoms with van der Waals surface area (Å²) in [6.07, 6.45) is 7.29. The number of unbranched alkanes of at least 4 members (excludes halogenated alkanes) is 4. The summed E-state index contributed by atoms with van der Waals surface area (Å²) in [6.45, 7) is 1.61. The van der Waals surface area contributed by atoms with Crippen LogP contribution in [0.4, 0.5) is 0 Å². The maximum atomic E-state index is 10.2. The molecular formula is C17H25O3-. The normalized spacial score (nSPS) is 10.6.